The highest BCUT2D eigenvalue weighted by Gasteiger charge is 2.29. The maximum Gasteiger partial charge on any atom is 0.314 e. The van der Waals surface area contributed by atoms with Crippen LogP contribution in [0, 0.1) is 19.8 Å². The van der Waals surface area contributed by atoms with E-state index >= 15 is 0 Å². The molecule has 2 atom stereocenters. The largest absolute Gasteiger partial charge is 0.466 e. The van der Waals surface area contributed by atoms with Gasteiger partial charge in [0.25, 0.3) is 0 Å². The number of nitrogens with one attached hydrogen (secondary N) is 1. The second kappa shape index (κ2) is 6.89. The first-order valence-electron chi connectivity index (χ1n) is 7.66. The second-order valence-electron chi connectivity index (χ2n) is 5.90. The van der Waals surface area contributed by atoms with Gasteiger partial charge in [0, 0.05) is 5.56 Å². The molecule has 1 fully saturated rings. The molecule has 0 saturated carbocycles. The van der Waals surface area contributed by atoms with Crippen LogP contribution in [-0.4, -0.2) is 25.7 Å². The highest BCUT2D eigenvalue weighted by atomic mass is 16.5. The molecule has 1 heterocycles. The third-order valence-corrected chi connectivity index (χ3v) is 4.18. The summed E-state index contributed by atoms with van der Waals surface area (Å²) >= 11 is 0. The molecule has 20 heavy (non-hydrogen) atoms. The number of esters is 1. The van der Waals surface area contributed by atoms with Crippen LogP contribution in [0.15, 0.2) is 18.2 Å². The molecular weight excluding hydrogens is 250 g/mol. The normalized spacial score (nSPS) is 22.6. The van der Waals surface area contributed by atoms with E-state index < -0.39 is 0 Å². The molecule has 1 unspecified atom stereocenters. The minimum absolute atomic E-state index is 0.00896. The number of likely N-dealkylation sites (tertiary alicyclic amines) is 1. The van der Waals surface area contributed by atoms with Crippen LogP contribution in [0.4, 0.5) is 0 Å². The summed E-state index contributed by atoms with van der Waals surface area (Å²) in [6.45, 7) is 9.75. The molecule has 0 bridgehead atoms. The van der Waals surface area contributed by atoms with Crippen LogP contribution in [0.1, 0.15) is 36.5 Å². The van der Waals surface area contributed by atoms with Crippen LogP contribution in [0.3, 0.4) is 0 Å². The predicted molar refractivity (Wildman–Crippen MR) is 79.7 cm³/mol. The Morgan fingerprint density at radius 3 is 2.90 bits per heavy atom. The number of quaternary nitrogens is 1. The molecule has 110 valence electrons. The fourth-order valence-corrected chi connectivity index (χ4v) is 3.09. The average molecular weight is 276 g/mol. The fraction of sp³-hybridized carbons (Fsp3) is 0.588. The third kappa shape index (κ3) is 3.83. The standard InChI is InChI=1S/C17H25NO2/c1-4-20-17(19)16-6-5-9-18(12-16)11-15-8-7-13(2)10-14(15)3/h7-8,10,16H,4-6,9,11-12H2,1-3H3/p+1/t16-/m1/s1. The Bertz CT molecular complexity index is 470. The van der Waals surface area contributed by atoms with Crippen LogP contribution in [-0.2, 0) is 16.1 Å². The van der Waals surface area contributed by atoms with Crippen LogP contribution in [0.2, 0.25) is 0 Å². The highest BCUT2D eigenvalue weighted by Crippen LogP contribution is 2.12. The molecular formula is C17H26NO2+. The van der Waals surface area contributed by atoms with Gasteiger partial charge in [-0.05, 0) is 39.2 Å². The van der Waals surface area contributed by atoms with E-state index in [1.807, 2.05) is 6.92 Å². The Balaban J connectivity index is 1.97. The lowest BCUT2D eigenvalue weighted by Gasteiger charge is -2.29. The Hall–Kier alpha value is -1.35. The summed E-state index contributed by atoms with van der Waals surface area (Å²) < 4.78 is 5.17. The van der Waals surface area contributed by atoms with Gasteiger partial charge in [-0.2, -0.15) is 0 Å². The molecule has 0 radical (unpaired) electrons. The summed E-state index contributed by atoms with van der Waals surface area (Å²) in [7, 11) is 0. The van der Waals surface area contributed by atoms with Crippen molar-refractivity contribution in [1.29, 1.82) is 0 Å². The van der Waals surface area contributed by atoms with Crippen molar-refractivity contribution in [2.45, 2.75) is 40.2 Å². The zero-order chi connectivity index (χ0) is 14.5. The van der Waals surface area contributed by atoms with Gasteiger partial charge in [0.05, 0.1) is 19.7 Å². The second-order valence-corrected chi connectivity index (χ2v) is 5.90. The van der Waals surface area contributed by atoms with Gasteiger partial charge in [0.2, 0.25) is 0 Å². The number of hydrogen-bond donors (Lipinski definition) is 1. The van der Waals surface area contributed by atoms with E-state index in [0.717, 1.165) is 32.5 Å². The molecule has 1 aliphatic rings. The summed E-state index contributed by atoms with van der Waals surface area (Å²) in [5.41, 5.74) is 4.06. The molecule has 0 aromatic heterocycles. The third-order valence-electron chi connectivity index (χ3n) is 4.18. The molecule has 1 N–H and O–H groups in total. The summed E-state index contributed by atoms with van der Waals surface area (Å²) in [4.78, 5) is 13.4. The Kier molecular flexibility index (Phi) is 5.18. The zero-order valence-electron chi connectivity index (χ0n) is 12.9. The number of hydrogen-bond acceptors (Lipinski definition) is 2. The minimum Gasteiger partial charge on any atom is -0.466 e. The topological polar surface area (TPSA) is 30.7 Å². The molecule has 1 aromatic carbocycles. The number of rotatable bonds is 4. The van der Waals surface area contributed by atoms with Gasteiger partial charge >= 0.3 is 5.97 Å². The van der Waals surface area contributed by atoms with Gasteiger partial charge in [-0.15, -0.1) is 0 Å². The molecule has 0 spiro atoms. The van der Waals surface area contributed by atoms with E-state index in [1.54, 1.807) is 0 Å². The lowest BCUT2D eigenvalue weighted by atomic mass is 9.97. The fourth-order valence-electron chi connectivity index (χ4n) is 3.09. The highest BCUT2D eigenvalue weighted by molar-refractivity contribution is 5.72. The quantitative estimate of drug-likeness (QED) is 0.848. The average Bonchev–Trinajstić information content (AvgIpc) is 2.43. The molecule has 3 heteroatoms. The van der Waals surface area contributed by atoms with E-state index in [0.29, 0.717) is 6.61 Å². The monoisotopic (exact) mass is 276 g/mol. The first-order valence-corrected chi connectivity index (χ1v) is 7.66. The number of carbonyl (C=O) groups excluding carboxylic acids is 1. The zero-order valence-corrected chi connectivity index (χ0v) is 12.9. The lowest BCUT2D eigenvalue weighted by Crippen LogP contribution is -3.12. The van der Waals surface area contributed by atoms with E-state index in [-0.39, 0.29) is 11.9 Å². The van der Waals surface area contributed by atoms with Gasteiger partial charge in [-0.25, -0.2) is 0 Å². The van der Waals surface area contributed by atoms with Crippen molar-refractivity contribution in [1.82, 2.24) is 0 Å². The van der Waals surface area contributed by atoms with Gasteiger partial charge in [-0.3, -0.25) is 4.79 Å². The summed E-state index contributed by atoms with van der Waals surface area (Å²) in [6, 6.07) is 6.64. The molecule has 0 amide bonds. The van der Waals surface area contributed by atoms with E-state index in [9.17, 15) is 4.79 Å². The van der Waals surface area contributed by atoms with Crippen molar-refractivity contribution in [3.63, 3.8) is 0 Å². The van der Waals surface area contributed by atoms with Crippen LogP contribution in [0.25, 0.3) is 0 Å². The maximum absolute atomic E-state index is 11.9. The number of benzene rings is 1. The summed E-state index contributed by atoms with van der Waals surface area (Å²) in [5, 5.41) is 0. The smallest absolute Gasteiger partial charge is 0.314 e. The number of carbonyl (C=O) groups is 1. The van der Waals surface area contributed by atoms with Crippen molar-refractivity contribution in [3.05, 3.63) is 34.9 Å². The maximum atomic E-state index is 11.9. The van der Waals surface area contributed by atoms with E-state index in [2.05, 4.69) is 32.0 Å². The lowest BCUT2D eigenvalue weighted by molar-refractivity contribution is -0.921. The summed E-state index contributed by atoms with van der Waals surface area (Å²) in [6.07, 6.45) is 2.10. The van der Waals surface area contributed by atoms with Gasteiger partial charge in [0.15, 0.2) is 0 Å². The van der Waals surface area contributed by atoms with Crippen LogP contribution >= 0.6 is 0 Å². The number of aryl methyl sites for hydroxylation is 2. The molecule has 0 aliphatic carbocycles. The molecule has 1 saturated heterocycles. The molecule has 1 aliphatic heterocycles. The van der Waals surface area contributed by atoms with Crippen molar-refractivity contribution in [3.8, 4) is 0 Å². The van der Waals surface area contributed by atoms with Crippen molar-refractivity contribution in [2.24, 2.45) is 5.92 Å². The molecule has 2 rings (SSSR count). The van der Waals surface area contributed by atoms with Gasteiger partial charge < -0.3 is 9.64 Å². The summed E-state index contributed by atoms with van der Waals surface area (Å²) in [5.74, 6) is 0.0785. The van der Waals surface area contributed by atoms with Crippen LogP contribution < -0.4 is 4.90 Å². The molecule has 3 nitrogen and oxygen atoms in total. The Morgan fingerprint density at radius 1 is 1.40 bits per heavy atom. The SMILES string of the molecule is CCOC(=O)[C@@H]1CCC[NH+](Cc2ccc(C)cc2C)C1. The minimum atomic E-state index is -0.00896. The number of ether oxygens (including phenoxy) is 1. The van der Waals surface area contributed by atoms with Crippen molar-refractivity contribution in [2.75, 3.05) is 19.7 Å². The predicted octanol–water partition coefficient (Wildman–Crippen LogP) is 1.66. The van der Waals surface area contributed by atoms with Crippen molar-refractivity contribution >= 4 is 5.97 Å². The Morgan fingerprint density at radius 2 is 2.20 bits per heavy atom. The molecule has 1 aromatic rings. The van der Waals surface area contributed by atoms with Gasteiger partial charge in [-0.1, -0.05) is 23.8 Å². The van der Waals surface area contributed by atoms with Crippen LogP contribution in [0.5, 0.6) is 0 Å². The Labute approximate surface area is 121 Å². The first-order chi connectivity index (χ1) is 9.60. The van der Waals surface area contributed by atoms with E-state index in [4.69, 9.17) is 4.74 Å². The van der Waals surface area contributed by atoms with Crippen molar-refractivity contribution < 1.29 is 14.4 Å². The number of piperidine rings is 1. The first kappa shape index (κ1) is 15.0. The van der Waals surface area contributed by atoms with Gasteiger partial charge in [0.1, 0.15) is 12.5 Å². The van der Waals surface area contributed by atoms with E-state index in [1.165, 1.54) is 21.6 Å².